The topological polar surface area (TPSA) is 216 Å². The normalized spacial score (nSPS) is 38.3. The predicted octanol–water partition coefficient (Wildman–Crippen LogP) is 1.29. The Morgan fingerprint density at radius 3 is 2.16 bits per heavy atom. The van der Waals surface area contributed by atoms with Crippen molar-refractivity contribution in [2.75, 3.05) is 6.61 Å². The first-order valence-electron chi connectivity index (χ1n) is 17.0. The van der Waals surface area contributed by atoms with Crippen molar-refractivity contribution >= 4 is 23.7 Å². The monoisotopic (exact) mass is 716 g/mol. The third-order valence-electron chi connectivity index (χ3n) is 11.3. The van der Waals surface area contributed by atoms with E-state index in [1.54, 1.807) is 37.3 Å². The Morgan fingerprint density at radius 2 is 1.59 bits per heavy atom. The van der Waals surface area contributed by atoms with Crippen molar-refractivity contribution < 1.29 is 68.4 Å². The second-order valence-electron chi connectivity index (χ2n) is 14.8. The largest absolute Gasteiger partial charge is 0.461 e. The van der Waals surface area contributed by atoms with Gasteiger partial charge in [-0.1, -0.05) is 31.7 Å². The zero-order valence-corrected chi connectivity index (χ0v) is 29.6. The van der Waals surface area contributed by atoms with Gasteiger partial charge in [-0.25, -0.2) is 4.79 Å². The van der Waals surface area contributed by atoms with E-state index in [1.165, 1.54) is 34.6 Å². The minimum Gasteiger partial charge on any atom is -0.461 e. The summed E-state index contributed by atoms with van der Waals surface area (Å²) in [5, 5.41) is 53.5. The fourth-order valence-electron chi connectivity index (χ4n) is 8.73. The minimum absolute atomic E-state index is 0.135. The Bertz CT molecular complexity index is 1580. The van der Waals surface area contributed by atoms with Crippen LogP contribution < -0.4 is 0 Å². The van der Waals surface area contributed by atoms with Crippen LogP contribution >= 0.6 is 0 Å². The molecular weight excluding hydrogens is 668 g/mol. The lowest BCUT2D eigenvalue weighted by Crippen LogP contribution is -2.61. The third-order valence-corrected chi connectivity index (χ3v) is 11.3. The van der Waals surface area contributed by atoms with E-state index in [2.05, 4.69) is 6.58 Å². The molecule has 0 bridgehead atoms. The maximum atomic E-state index is 13.9. The summed E-state index contributed by atoms with van der Waals surface area (Å²) in [6.45, 7) is 12.2. The van der Waals surface area contributed by atoms with E-state index in [4.69, 9.17) is 23.7 Å². The predicted molar refractivity (Wildman–Crippen MR) is 176 cm³/mol. The molecule has 1 aromatic rings. The Balaban J connectivity index is 1.72. The summed E-state index contributed by atoms with van der Waals surface area (Å²) in [7, 11) is 0. The Hall–Kier alpha value is -3.50. The summed E-state index contributed by atoms with van der Waals surface area (Å²) < 4.78 is 30.3. The van der Waals surface area contributed by atoms with Crippen LogP contribution in [0.2, 0.25) is 0 Å². The van der Waals surface area contributed by atoms with Gasteiger partial charge in [0.15, 0.2) is 18.2 Å². The molecule has 14 nitrogen and oxygen atoms in total. The van der Waals surface area contributed by atoms with Crippen LogP contribution in [0.1, 0.15) is 71.2 Å². The zero-order valence-electron chi connectivity index (χ0n) is 29.6. The highest BCUT2D eigenvalue weighted by atomic mass is 16.7. The molecule has 5 N–H and O–H groups in total. The molecule has 0 amide bonds. The van der Waals surface area contributed by atoms with E-state index in [0.29, 0.717) is 0 Å². The molecule has 280 valence electrons. The second kappa shape index (κ2) is 14.1. The van der Waals surface area contributed by atoms with Gasteiger partial charge in [-0.2, -0.15) is 0 Å². The summed E-state index contributed by atoms with van der Waals surface area (Å²) in [5.74, 6) is -3.74. The number of benzene rings is 1. The number of rotatable bonds is 8. The summed E-state index contributed by atoms with van der Waals surface area (Å²) in [5.41, 5.74) is -4.13. The van der Waals surface area contributed by atoms with Crippen LogP contribution in [0.15, 0.2) is 53.6 Å². The van der Waals surface area contributed by atoms with Crippen LogP contribution in [0.4, 0.5) is 0 Å². The summed E-state index contributed by atoms with van der Waals surface area (Å²) in [4.78, 5) is 53.7. The van der Waals surface area contributed by atoms with Gasteiger partial charge in [0, 0.05) is 31.6 Å². The number of carbonyl (C=O) groups is 4. The molecule has 1 aliphatic heterocycles. The van der Waals surface area contributed by atoms with Crippen LogP contribution in [0.3, 0.4) is 0 Å². The zero-order chi connectivity index (χ0) is 37.8. The molecule has 1 aromatic carbocycles. The molecule has 0 spiro atoms. The standard InChI is InChI=1S/C37H48O14/c1-17-22(41)15-37(35(5,6)46)25(17)30(51-33(45)21-11-9-8-10-12-21)32(48-20(4)40)36(7)14-13-23(18(2)26(36)31(37)47-19(3)39)49-34-29(44)28(43)27(42)24(16-38)50-34/h8-12,23-24,26-32,34,38,42-44,46H,2,13-16H2,1,3-7H3/t23-,24+,26-,27+,28-,29+,30+,31-,32-,34+,36+,37?/m0/s1. The minimum atomic E-state index is -1.84. The molecule has 14 heteroatoms. The van der Waals surface area contributed by atoms with Crippen molar-refractivity contribution in [2.24, 2.45) is 16.7 Å². The first-order valence-corrected chi connectivity index (χ1v) is 17.0. The van der Waals surface area contributed by atoms with E-state index >= 15 is 0 Å². The van der Waals surface area contributed by atoms with Crippen LogP contribution in [0, 0.1) is 16.7 Å². The van der Waals surface area contributed by atoms with E-state index in [9.17, 15) is 44.7 Å². The molecule has 1 saturated heterocycles. The van der Waals surface area contributed by atoms with Crippen molar-refractivity contribution in [1.29, 1.82) is 0 Å². The summed E-state index contributed by atoms with van der Waals surface area (Å²) >= 11 is 0. The number of hydrogen-bond acceptors (Lipinski definition) is 14. The number of esters is 3. The average Bonchev–Trinajstić information content (AvgIpc) is 3.30. The SMILES string of the molecule is C=C1[C@@H](O[C@@H]2O[C@H](CO)[C@@H](O)[C@H](O)[C@H]2O)CC[C@@]2(C)[C@@H](OC(C)=O)[C@H](OC(=O)c3ccccc3)C3=C(C)C(=O)CC3(C(C)(C)O)[C@@H](OC(C)=O)[C@H]12. The highest BCUT2D eigenvalue weighted by Gasteiger charge is 2.72. The summed E-state index contributed by atoms with van der Waals surface area (Å²) in [6.07, 6.45) is -13.1. The van der Waals surface area contributed by atoms with Gasteiger partial charge in [0.2, 0.25) is 0 Å². The molecule has 1 heterocycles. The van der Waals surface area contributed by atoms with E-state index in [-0.39, 0.29) is 41.5 Å². The molecular formula is C37H48O14. The van der Waals surface area contributed by atoms with Gasteiger partial charge in [-0.3, -0.25) is 14.4 Å². The van der Waals surface area contributed by atoms with Gasteiger partial charge in [-0.05, 0) is 62.5 Å². The highest BCUT2D eigenvalue weighted by molar-refractivity contribution is 6.00. The molecule has 1 unspecified atom stereocenters. The fraction of sp³-hybridized carbons (Fsp3) is 0.622. The van der Waals surface area contributed by atoms with Gasteiger partial charge in [-0.15, -0.1) is 0 Å². The Labute approximate surface area is 296 Å². The molecule has 51 heavy (non-hydrogen) atoms. The van der Waals surface area contributed by atoms with Gasteiger partial charge >= 0.3 is 17.9 Å². The maximum absolute atomic E-state index is 13.9. The smallest absolute Gasteiger partial charge is 0.338 e. The lowest BCUT2D eigenvalue weighted by atomic mass is 9.55. The number of ketones is 1. The van der Waals surface area contributed by atoms with Crippen molar-refractivity contribution in [1.82, 2.24) is 0 Å². The van der Waals surface area contributed by atoms with Crippen LogP contribution in [-0.2, 0) is 38.1 Å². The Morgan fingerprint density at radius 1 is 0.980 bits per heavy atom. The number of fused-ring (bicyclic) bond motifs is 2. The van der Waals surface area contributed by atoms with Gasteiger partial charge in [0.1, 0.15) is 36.6 Å². The van der Waals surface area contributed by atoms with Crippen molar-refractivity contribution in [2.45, 2.75) is 122 Å². The van der Waals surface area contributed by atoms with Crippen molar-refractivity contribution in [3.63, 3.8) is 0 Å². The first-order chi connectivity index (χ1) is 23.8. The van der Waals surface area contributed by atoms with Crippen LogP contribution in [-0.4, -0.2) is 117 Å². The number of aliphatic hydroxyl groups excluding tert-OH is 4. The second-order valence-corrected chi connectivity index (χ2v) is 14.8. The van der Waals surface area contributed by atoms with E-state index in [1.807, 2.05) is 0 Å². The molecule has 4 aliphatic rings. The maximum Gasteiger partial charge on any atom is 0.338 e. The van der Waals surface area contributed by atoms with Crippen LogP contribution in [0.5, 0.6) is 0 Å². The van der Waals surface area contributed by atoms with Crippen LogP contribution in [0.25, 0.3) is 0 Å². The number of ether oxygens (including phenoxy) is 5. The molecule has 12 atom stereocenters. The lowest BCUT2D eigenvalue weighted by molar-refractivity contribution is -0.311. The molecule has 5 rings (SSSR count). The Kier molecular flexibility index (Phi) is 10.7. The van der Waals surface area contributed by atoms with Gasteiger partial charge < -0.3 is 49.2 Å². The molecule has 2 saturated carbocycles. The van der Waals surface area contributed by atoms with Crippen molar-refractivity contribution in [3.05, 3.63) is 59.2 Å². The fourth-order valence-corrected chi connectivity index (χ4v) is 8.73. The molecule has 0 radical (unpaired) electrons. The molecule has 3 aliphatic carbocycles. The number of carbonyl (C=O) groups excluding carboxylic acids is 4. The molecule has 0 aromatic heterocycles. The summed E-state index contributed by atoms with van der Waals surface area (Å²) in [6, 6.07) is 8.09. The first kappa shape index (κ1) is 38.7. The average molecular weight is 717 g/mol. The van der Waals surface area contributed by atoms with Gasteiger partial charge in [0.05, 0.1) is 29.3 Å². The van der Waals surface area contributed by atoms with E-state index < -0.39 is 108 Å². The van der Waals surface area contributed by atoms with Gasteiger partial charge in [0.25, 0.3) is 0 Å². The third kappa shape index (κ3) is 6.56. The van der Waals surface area contributed by atoms with E-state index in [0.717, 1.165) is 0 Å². The number of hydrogen-bond donors (Lipinski definition) is 5. The van der Waals surface area contributed by atoms with Crippen molar-refractivity contribution in [3.8, 4) is 0 Å². The number of Topliss-reactive ketones (excluding diaryl/α,β-unsaturated/α-hetero) is 1. The molecule has 3 fully saturated rings. The number of allylic oxidation sites excluding steroid dienone is 1. The number of aliphatic hydroxyl groups is 5. The lowest BCUT2D eigenvalue weighted by Gasteiger charge is -2.54. The quantitative estimate of drug-likeness (QED) is 0.146. The highest BCUT2D eigenvalue weighted by Crippen LogP contribution is 2.65.